The molecule has 1 fully saturated rings. The number of fused-ring (bicyclic) bond motifs is 1. The van der Waals surface area contributed by atoms with E-state index in [1.807, 2.05) is 12.1 Å². The number of pyridine rings is 2. The van der Waals surface area contributed by atoms with E-state index in [9.17, 15) is 9.59 Å². The van der Waals surface area contributed by atoms with Crippen molar-refractivity contribution < 1.29 is 9.59 Å². The van der Waals surface area contributed by atoms with Gasteiger partial charge in [0.25, 0.3) is 11.8 Å². The van der Waals surface area contributed by atoms with Crippen molar-refractivity contribution in [1.82, 2.24) is 34.7 Å². The van der Waals surface area contributed by atoms with Crippen LogP contribution in [-0.4, -0.2) is 47.7 Å². The largest absolute Gasteiger partial charge is 0.352 e. The Bertz CT molecular complexity index is 1270. The SMILES string of the molecule is Cn1ncc(C(=O)NCC2CC2)c1C(=O)Nc1ccn2nc(-c3cccnc3)nc2c1. The molecule has 1 saturated carbocycles. The molecular formula is C21H20N8O2. The molecule has 10 heteroatoms. The number of hydrogen-bond donors (Lipinski definition) is 2. The average Bonchev–Trinajstić information content (AvgIpc) is 3.38. The minimum absolute atomic E-state index is 0.200. The van der Waals surface area contributed by atoms with Gasteiger partial charge in [-0.3, -0.25) is 19.3 Å². The summed E-state index contributed by atoms with van der Waals surface area (Å²) >= 11 is 0. The van der Waals surface area contributed by atoms with Crippen molar-refractivity contribution in [3.05, 3.63) is 60.3 Å². The number of amides is 2. The van der Waals surface area contributed by atoms with Crippen molar-refractivity contribution in [1.29, 1.82) is 0 Å². The molecule has 0 spiro atoms. The van der Waals surface area contributed by atoms with Crippen LogP contribution in [0.3, 0.4) is 0 Å². The molecule has 1 aliphatic rings. The van der Waals surface area contributed by atoms with E-state index in [4.69, 9.17) is 0 Å². The highest BCUT2D eigenvalue weighted by Crippen LogP contribution is 2.27. The van der Waals surface area contributed by atoms with E-state index in [0.717, 1.165) is 18.4 Å². The second kappa shape index (κ2) is 7.63. The van der Waals surface area contributed by atoms with Gasteiger partial charge in [-0.1, -0.05) is 0 Å². The first-order chi connectivity index (χ1) is 15.1. The van der Waals surface area contributed by atoms with Crippen LogP contribution in [0.5, 0.6) is 0 Å². The fraction of sp³-hybridized carbons (Fsp3) is 0.238. The summed E-state index contributed by atoms with van der Waals surface area (Å²) in [6.45, 7) is 0.623. The van der Waals surface area contributed by atoms with Gasteiger partial charge in [-0.2, -0.15) is 5.10 Å². The Balaban J connectivity index is 1.36. The summed E-state index contributed by atoms with van der Waals surface area (Å²) in [6.07, 6.45) is 8.77. The Morgan fingerprint density at radius 1 is 1.19 bits per heavy atom. The summed E-state index contributed by atoms with van der Waals surface area (Å²) in [4.78, 5) is 34.0. The highest BCUT2D eigenvalue weighted by molar-refractivity contribution is 6.11. The van der Waals surface area contributed by atoms with Gasteiger partial charge in [0.2, 0.25) is 0 Å². The maximum atomic E-state index is 12.9. The third-order valence-electron chi connectivity index (χ3n) is 5.16. The van der Waals surface area contributed by atoms with Crippen LogP contribution in [0.1, 0.15) is 33.7 Å². The monoisotopic (exact) mass is 416 g/mol. The molecule has 0 bridgehead atoms. The van der Waals surface area contributed by atoms with Crippen LogP contribution < -0.4 is 10.6 Å². The van der Waals surface area contributed by atoms with Crippen LogP contribution in [0.25, 0.3) is 17.0 Å². The fourth-order valence-corrected chi connectivity index (χ4v) is 3.29. The van der Waals surface area contributed by atoms with Crippen LogP contribution in [-0.2, 0) is 7.05 Å². The number of aryl methyl sites for hydroxylation is 1. The summed E-state index contributed by atoms with van der Waals surface area (Å²) in [5, 5.41) is 14.2. The fourth-order valence-electron chi connectivity index (χ4n) is 3.29. The zero-order valence-corrected chi connectivity index (χ0v) is 16.8. The predicted molar refractivity (Wildman–Crippen MR) is 112 cm³/mol. The van der Waals surface area contributed by atoms with E-state index in [1.54, 1.807) is 42.3 Å². The number of carbonyl (C=O) groups excluding carboxylic acids is 2. The number of rotatable bonds is 6. The van der Waals surface area contributed by atoms with Gasteiger partial charge in [0.15, 0.2) is 11.5 Å². The van der Waals surface area contributed by atoms with E-state index in [2.05, 4.69) is 30.8 Å². The molecule has 31 heavy (non-hydrogen) atoms. The minimum Gasteiger partial charge on any atom is -0.352 e. The third-order valence-corrected chi connectivity index (χ3v) is 5.16. The Morgan fingerprint density at radius 3 is 2.84 bits per heavy atom. The van der Waals surface area contributed by atoms with Crippen molar-refractivity contribution in [3.63, 3.8) is 0 Å². The lowest BCUT2D eigenvalue weighted by molar-refractivity contribution is 0.0937. The van der Waals surface area contributed by atoms with Gasteiger partial charge in [-0.25, -0.2) is 9.50 Å². The van der Waals surface area contributed by atoms with Crippen molar-refractivity contribution in [2.45, 2.75) is 12.8 Å². The molecule has 5 rings (SSSR count). The lowest BCUT2D eigenvalue weighted by Gasteiger charge is -2.08. The van der Waals surface area contributed by atoms with Crippen LogP contribution in [0, 0.1) is 5.92 Å². The number of carbonyl (C=O) groups is 2. The van der Waals surface area contributed by atoms with E-state index >= 15 is 0 Å². The number of nitrogens with one attached hydrogen (secondary N) is 2. The van der Waals surface area contributed by atoms with Crippen molar-refractivity contribution >= 4 is 23.1 Å². The van der Waals surface area contributed by atoms with Crippen LogP contribution in [0.2, 0.25) is 0 Å². The van der Waals surface area contributed by atoms with Crippen LogP contribution in [0.4, 0.5) is 5.69 Å². The Kier molecular flexibility index (Phi) is 4.66. The summed E-state index contributed by atoms with van der Waals surface area (Å²) in [6, 6.07) is 7.13. The lowest BCUT2D eigenvalue weighted by Crippen LogP contribution is -2.28. The maximum absolute atomic E-state index is 12.9. The van der Waals surface area contributed by atoms with Crippen molar-refractivity contribution in [2.75, 3.05) is 11.9 Å². The predicted octanol–water partition coefficient (Wildman–Crippen LogP) is 1.92. The van der Waals surface area contributed by atoms with E-state index < -0.39 is 5.91 Å². The van der Waals surface area contributed by atoms with Crippen LogP contribution in [0.15, 0.2) is 49.1 Å². The van der Waals surface area contributed by atoms with Crippen molar-refractivity contribution in [3.8, 4) is 11.4 Å². The second-order valence-electron chi connectivity index (χ2n) is 7.53. The number of anilines is 1. The van der Waals surface area contributed by atoms with Crippen LogP contribution >= 0.6 is 0 Å². The lowest BCUT2D eigenvalue weighted by atomic mass is 10.2. The van der Waals surface area contributed by atoms with E-state index in [1.165, 1.54) is 10.9 Å². The number of aromatic nitrogens is 6. The van der Waals surface area contributed by atoms with Gasteiger partial charge in [-0.05, 0) is 37.0 Å². The maximum Gasteiger partial charge on any atom is 0.274 e. The van der Waals surface area contributed by atoms with Crippen molar-refractivity contribution in [2.24, 2.45) is 13.0 Å². The third kappa shape index (κ3) is 3.87. The molecule has 4 aromatic heterocycles. The molecule has 1 aliphatic carbocycles. The van der Waals surface area contributed by atoms with Gasteiger partial charge >= 0.3 is 0 Å². The summed E-state index contributed by atoms with van der Waals surface area (Å²) in [5.41, 5.74) is 2.36. The molecule has 0 unspecified atom stereocenters. The Labute approximate surface area is 177 Å². The number of nitrogens with zero attached hydrogens (tertiary/aromatic N) is 6. The molecule has 0 aromatic carbocycles. The molecule has 2 N–H and O–H groups in total. The zero-order chi connectivity index (χ0) is 21.4. The normalized spacial score (nSPS) is 13.3. The molecule has 0 radical (unpaired) electrons. The van der Waals surface area contributed by atoms with E-state index in [-0.39, 0.29) is 17.2 Å². The quantitative estimate of drug-likeness (QED) is 0.496. The topological polar surface area (TPSA) is 119 Å². The summed E-state index contributed by atoms with van der Waals surface area (Å²) < 4.78 is 3.02. The van der Waals surface area contributed by atoms with Gasteiger partial charge in [0.1, 0.15) is 5.69 Å². The summed E-state index contributed by atoms with van der Waals surface area (Å²) in [5.74, 6) is 0.370. The summed E-state index contributed by atoms with van der Waals surface area (Å²) in [7, 11) is 1.63. The van der Waals surface area contributed by atoms with E-state index in [0.29, 0.717) is 29.6 Å². The molecule has 0 aliphatic heterocycles. The van der Waals surface area contributed by atoms with Gasteiger partial charge < -0.3 is 10.6 Å². The molecule has 4 aromatic rings. The standard InChI is InChI=1S/C21H20N8O2/c1-28-18(16(12-24-28)20(30)23-10-13-4-5-13)21(31)25-15-6-8-29-17(9-15)26-19(27-29)14-3-2-7-22-11-14/h2-3,6-9,11-13H,4-5,10H2,1H3,(H,23,30)(H,25,31). The number of hydrogen-bond acceptors (Lipinski definition) is 6. The highest BCUT2D eigenvalue weighted by Gasteiger charge is 2.25. The van der Waals surface area contributed by atoms with Gasteiger partial charge in [0, 0.05) is 49.5 Å². The van der Waals surface area contributed by atoms with Gasteiger partial charge in [0.05, 0.1) is 11.8 Å². The average molecular weight is 416 g/mol. The first kappa shape index (κ1) is 18.9. The molecule has 0 saturated heterocycles. The first-order valence-corrected chi connectivity index (χ1v) is 9.97. The molecule has 156 valence electrons. The molecule has 0 atom stereocenters. The smallest absolute Gasteiger partial charge is 0.274 e. The second-order valence-corrected chi connectivity index (χ2v) is 7.53. The van der Waals surface area contributed by atoms with Gasteiger partial charge in [-0.15, -0.1) is 5.10 Å². The molecule has 2 amide bonds. The highest BCUT2D eigenvalue weighted by atomic mass is 16.2. The molecular weight excluding hydrogens is 396 g/mol. The zero-order valence-electron chi connectivity index (χ0n) is 16.8. The Hall–Kier alpha value is -4.08. The molecule has 10 nitrogen and oxygen atoms in total. The first-order valence-electron chi connectivity index (χ1n) is 9.97. The Morgan fingerprint density at radius 2 is 2.06 bits per heavy atom. The molecule has 4 heterocycles. The minimum atomic E-state index is -0.423.